The van der Waals surface area contributed by atoms with Gasteiger partial charge in [-0.2, -0.15) is 0 Å². The molecule has 1 saturated carbocycles. The van der Waals surface area contributed by atoms with Crippen molar-refractivity contribution in [2.45, 2.75) is 17.7 Å². The van der Waals surface area contributed by atoms with Gasteiger partial charge in [0.1, 0.15) is 5.75 Å². The number of anilines is 1. The van der Waals surface area contributed by atoms with Crippen LogP contribution in [0.1, 0.15) is 12.8 Å². The van der Waals surface area contributed by atoms with Crippen molar-refractivity contribution in [2.75, 3.05) is 18.5 Å². The topological polar surface area (TPSA) is 110 Å². The first-order valence-electron chi connectivity index (χ1n) is 8.47. The largest absolute Gasteiger partial charge is 0.768 e. The molecule has 1 unspecified atom stereocenters. The maximum absolute atomic E-state index is 12.4. The van der Waals surface area contributed by atoms with E-state index in [1.165, 1.54) is 16.7 Å². The molecule has 1 aliphatic carbocycles. The minimum atomic E-state index is -2.42. The Balaban J connectivity index is 1.88. The maximum Gasteiger partial charge on any atom is 0.277 e. The van der Waals surface area contributed by atoms with Crippen LogP contribution in [-0.2, 0) is 22.9 Å². The number of nitrogens with one attached hydrogen (secondary N) is 1. The lowest BCUT2D eigenvalue weighted by molar-refractivity contribution is -0.118. The number of carbonyl (C=O) groups is 1. The Kier molecular flexibility index (Phi) is 4.48. The zero-order valence-corrected chi connectivity index (χ0v) is 15.3. The van der Waals surface area contributed by atoms with Gasteiger partial charge >= 0.3 is 0 Å². The first kappa shape index (κ1) is 17.7. The predicted octanol–water partition coefficient (Wildman–Crippen LogP) is 1.41. The van der Waals surface area contributed by atoms with Gasteiger partial charge in [-0.3, -0.25) is 13.8 Å². The number of aromatic nitrogens is 1. The van der Waals surface area contributed by atoms with Gasteiger partial charge in [0, 0.05) is 29.3 Å². The van der Waals surface area contributed by atoms with Crippen LogP contribution in [0.2, 0.25) is 0 Å². The Bertz CT molecular complexity index is 1010. The summed E-state index contributed by atoms with van der Waals surface area (Å²) >= 11 is -2.42. The molecule has 1 aliphatic heterocycles. The van der Waals surface area contributed by atoms with Crippen LogP contribution in [0.4, 0.5) is 5.69 Å². The molecular formula is C18H17N2O6S-. The summed E-state index contributed by atoms with van der Waals surface area (Å²) < 4.78 is 35.6. The lowest BCUT2D eigenvalue weighted by atomic mass is 10.0. The summed E-state index contributed by atoms with van der Waals surface area (Å²) in [6, 6.07) is 4.54. The molecule has 1 aromatic carbocycles. The van der Waals surface area contributed by atoms with Gasteiger partial charge in [-0.1, -0.05) is 0 Å². The fourth-order valence-electron chi connectivity index (χ4n) is 2.93. The second-order valence-corrected chi connectivity index (χ2v) is 7.59. The van der Waals surface area contributed by atoms with E-state index in [2.05, 4.69) is 5.32 Å². The SMILES string of the molecule is Cn1cc(-c2cc(S(=O)[O-])ccc2OCC2CC2)c2c(c1=O)NC(=O)CO2. The third-order valence-corrected chi connectivity index (χ3v) is 5.18. The van der Waals surface area contributed by atoms with E-state index in [0.29, 0.717) is 29.4 Å². The number of rotatable bonds is 5. The first-order chi connectivity index (χ1) is 12.9. The molecule has 1 aromatic heterocycles. The van der Waals surface area contributed by atoms with Crippen molar-refractivity contribution in [2.24, 2.45) is 13.0 Å². The molecule has 0 bridgehead atoms. The van der Waals surface area contributed by atoms with Crippen LogP contribution in [0.15, 0.2) is 34.1 Å². The molecule has 1 amide bonds. The molecule has 2 aliphatic rings. The Morgan fingerprint density at radius 2 is 2.11 bits per heavy atom. The summed E-state index contributed by atoms with van der Waals surface area (Å²) in [7, 11) is 1.55. The molecule has 1 N–H and O–H groups in total. The molecule has 2 heterocycles. The van der Waals surface area contributed by atoms with E-state index in [4.69, 9.17) is 9.47 Å². The highest BCUT2D eigenvalue weighted by Gasteiger charge is 2.27. The minimum absolute atomic E-state index is 0.0352. The standard InChI is InChI=1S/C18H18N2O6S/c1-20-7-13(17-16(18(20)22)19-15(21)9-26-17)12-6-11(27(23)24)4-5-14(12)25-8-10-2-3-10/h4-7,10H,2-3,8-9H2,1H3,(H,19,21)(H,23,24)/p-1. The Morgan fingerprint density at radius 3 is 2.81 bits per heavy atom. The van der Waals surface area contributed by atoms with Gasteiger partial charge < -0.3 is 23.9 Å². The Morgan fingerprint density at radius 1 is 1.33 bits per heavy atom. The van der Waals surface area contributed by atoms with Gasteiger partial charge in [-0.25, -0.2) is 0 Å². The fraction of sp³-hybridized carbons (Fsp3) is 0.333. The first-order valence-corrected chi connectivity index (χ1v) is 9.54. The van der Waals surface area contributed by atoms with Gasteiger partial charge in [0.2, 0.25) is 0 Å². The second-order valence-electron chi connectivity index (χ2n) is 6.65. The number of nitrogens with zero attached hydrogens (tertiary/aromatic N) is 1. The van der Waals surface area contributed by atoms with Crippen LogP contribution in [-0.4, -0.2) is 32.4 Å². The van der Waals surface area contributed by atoms with E-state index < -0.39 is 22.5 Å². The lowest BCUT2D eigenvalue weighted by Gasteiger charge is -2.23. The van der Waals surface area contributed by atoms with Gasteiger partial charge in [0.05, 0.1) is 6.61 Å². The molecule has 1 fully saturated rings. The van der Waals surface area contributed by atoms with E-state index in [9.17, 15) is 18.4 Å². The van der Waals surface area contributed by atoms with E-state index in [-0.39, 0.29) is 22.9 Å². The van der Waals surface area contributed by atoms with Crippen molar-refractivity contribution < 1.29 is 23.0 Å². The highest BCUT2D eigenvalue weighted by atomic mass is 32.2. The number of pyridine rings is 1. The van der Waals surface area contributed by atoms with Crippen LogP contribution in [0.3, 0.4) is 0 Å². The number of amides is 1. The van der Waals surface area contributed by atoms with Crippen molar-refractivity contribution >= 4 is 22.7 Å². The van der Waals surface area contributed by atoms with Crippen molar-refractivity contribution in [3.05, 3.63) is 34.7 Å². The number of fused-ring (bicyclic) bond motifs is 1. The Hall–Kier alpha value is -2.65. The minimum Gasteiger partial charge on any atom is -0.768 e. The molecule has 8 nitrogen and oxygen atoms in total. The molecule has 1 atom stereocenters. The molecule has 2 aromatic rings. The molecule has 0 radical (unpaired) electrons. The molecule has 27 heavy (non-hydrogen) atoms. The second kappa shape index (κ2) is 6.82. The van der Waals surface area contributed by atoms with Crippen LogP contribution in [0, 0.1) is 5.92 Å². The molecule has 0 spiro atoms. The summed E-state index contributed by atoms with van der Waals surface area (Å²) in [6.45, 7) is 0.316. The zero-order chi connectivity index (χ0) is 19.1. The highest BCUT2D eigenvalue weighted by Crippen LogP contribution is 2.42. The summed E-state index contributed by atoms with van der Waals surface area (Å²) in [6.07, 6.45) is 3.78. The number of ether oxygens (including phenoxy) is 2. The summed E-state index contributed by atoms with van der Waals surface area (Å²) in [5, 5.41) is 2.54. The molecule has 0 saturated heterocycles. The average Bonchev–Trinajstić information content (AvgIpc) is 3.47. The fourth-order valence-corrected chi connectivity index (χ4v) is 3.32. The van der Waals surface area contributed by atoms with Gasteiger partial charge in [-0.05, 0) is 48.0 Å². The highest BCUT2D eigenvalue weighted by molar-refractivity contribution is 7.79. The van der Waals surface area contributed by atoms with E-state index >= 15 is 0 Å². The van der Waals surface area contributed by atoms with E-state index in [1.807, 2.05) is 0 Å². The number of aryl methyl sites for hydroxylation is 1. The molecular weight excluding hydrogens is 372 g/mol. The van der Waals surface area contributed by atoms with Crippen LogP contribution in [0.5, 0.6) is 11.5 Å². The summed E-state index contributed by atoms with van der Waals surface area (Å²) in [5.41, 5.74) is 0.587. The van der Waals surface area contributed by atoms with Crippen LogP contribution in [0.25, 0.3) is 11.1 Å². The van der Waals surface area contributed by atoms with E-state index in [1.54, 1.807) is 19.3 Å². The normalized spacial score (nSPS) is 16.9. The predicted molar refractivity (Wildman–Crippen MR) is 96.6 cm³/mol. The van der Waals surface area contributed by atoms with Crippen LogP contribution < -0.4 is 20.3 Å². The van der Waals surface area contributed by atoms with Gasteiger partial charge in [0.15, 0.2) is 18.0 Å². The van der Waals surface area contributed by atoms with E-state index in [0.717, 1.165) is 12.8 Å². The quantitative estimate of drug-likeness (QED) is 0.775. The number of hydrogen-bond acceptors (Lipinski definition) is 6. The molecule has 9 heteroatoms. The number of benzene rings is 1. The molecule has 142 valence electrons. The summed E-state index contributed by atoms with van der Waals surface area (Å²) in [4.78, 5) is 24.1. The van der Waals surface area contributed by atoms with Gasteiger partial charge in [0.25, 0.3) is 11.5 Å². The third kappa shape index (κ3) is 3.47. The maximum atomic E-state index is 12.4. The Labute approximate surface area is 157 Å². The number of hydrogen-bond donors (Lipinski definition) is 1. The lowest BCUT2D eigenvalue weighted by Crippen LogP contribution is -2.32. The summed E-state index contributed by atoms with van der Waals surface area (Å²) in [5.74, 6) is 0.798. The van der Waals surface area contributed by atoms with Gasteiger partial charge in [-0.15, -0.1) is 0 Å². The number of carbonyl (C=O) groups excluding carboxylic acids is 1. The zero-order valence-electron chi connectivity index (χ0n) is 14.5. The third-order valence-electron chi connectivity index (χ3n) is 4.55. The van der Waals surface area contributed by atoms with Crippen molar-refractivity contribution in [3.63, 3.8) is 0 Å². The van der Waals surface area contributed by atoms with Crippen LogP contribution >= 0.6 is 0 Å². The smallest absolute Gasteiger partial charge is 0.277 e. The van der Waals surface area contributed by atoms with Crippen molar-refractivity contribution in [1.82, 2.24) is 4.57 Å². The molecule has 4 rings (SSSR count). The monoisotopic (exact) mass is 389 g/mol. The average molecular weight is 389 g/mol. The van der Waals surface area contributed by atoms with Crippen molar-refractivity contribution in [1.29, 1.82) is 0 Å². The van der Waals surface area contributed by atoms with Crippen molar-refractivity contribution in [3.8, 4) is 22.6 Å².